The number of benzene rings is 2. The number of amides is 2. The number of carbonyl (C=O) groups excluding carboxylic acids is 3. The van der Waals surface area contributed by atoms with Gasteiger partial charge in [0.25, 0.3) is 5.91 Å². The van der Waals surface area contributed by atoms with Crippen molar-refractivity contribution in [1.29, 1.82) is 0 Å². The summed E-state index contributed by atoms with van der Waals surface area (Å²) in [4.78, 5) is 41.7. The molecule has 0 aromatic heterocycles. The maximum Gasteiger partial charge on any atom is 0.417 e. The quantitative estimate of drug-likeness (QED) is 0.402. The van der Waals surface area contributed by atoms with Crippen LogP contribution < -0.4 is 0 Å². The van der Waals surface area contributed by atoms with E-state index in [0.29, 0.717) is 6.42 Å². The zero-order chi connectivity index (χ0) is 23.2. The summed E-state index contributed by atoms with van der Waals surface area (Å²) in [6.07, 6.45) is 1.73. The van der Waals surface area contributed by atoms with Crippen LogP contribution in [0.4, 0.5) is 4.79 Å². The molecule has 2 aromatic carbocycles. The average molecular weight is 446 g/mol. The lowest BCUT2D eigenvalue weighted by Gasteiger charge is -2.39. The molecule has 0 bridgehead atoms. The molecule has 0 saturated carbocycles. The molecule has 1 spiro atoms. The summed E-state index contributed by atoms with van der Waals surface area (Å²) in [6, 6.07) is 18.6. The van der Waals surface area contributed by atoms with E-state index in [4.69, 9.17) is 9.47 Å². The van der Waals surface area contributed by atoms with E-state index in [-0.39, 0.29) is 31.0 Å². The van der Waals surface area contributed by atoms with Crippen LogP contribution >= 0.6 is 0 Å². The average Bonchev–Trinajstić information content (AvgIpc) is 3.29. The van der Waals surface area contributed by atoms with E-state index in [2.05, 4.69) is 0 Å². The summed E-state index contributed by atoms with van der Waals surface area (Å²) in [6.45, 7) is 4.28. The van der Waals surface area contributed by atoms with E-state index in [1.54, 1.807) is 0 Å². The van der Waals surface area contributed by atoms with Gasteiger partial charge in [-0.05, 0) is 30.4 Å². The van der Waals surface area contributed by atoms with Gasteiger partial charge in [-0.25, -0.2) is 9.69 Å². The molecule has 0 radical (unpaired) electrons. The van der Waals surface area contributed by atoms with E-state index in [9.17, 15) is 14.4 Å². The topological polar surface area (TPSA) is 72.9 Å². The minimum atomic E-state index is -1.37. The second kappa shape index (κ2) is 8.18. The molecule has 2 amide bonds. The van der Waals surface area contributed by atoms with Crippen LogP contribution in [-0.4, -0.2) is 35.5 Å². The second-order valence-electron chi connectivity index (χ2n) is 9.27. The highest BCUT2D eigenvalue weighted by molar-refractivity contribution is 6.11. The zero-order valence-corrected chi connectivity index (χ0v) is 18.8. The number of hydrogen-bond donors (Lipinski definition) is 0. The standard InChI is InChI=1S/C27H27NO5/c1-17-13-21-16-32-25(30)27(21)23(18(17)2)22(14-19-9-5-3-6-10-19)28(24(27)29)26(31)33-15-20-11-7-4-8-12-20/h3-13,18,21-23H,14-16H2,1-2H3/t18-,21-,22+,23+,27+/m1/s1. The van der Waals surface area contributed by atoms with Gasteiger partial charge in [-0.3, -0.25) is 9.59 Å². The lowest BCUT2D eigenvalue weighted by Crippen LogP contribution is -2.49. The largest absolute Gasteiger partial charge is 0.464 e. The van der Waals surface area contributed by atoms with Gasteiger partial charge in [0.15, 0.2) is 5.41 Å². The fourth-order valence-electron chi connectivity index (χ4n) is 5.89. The molecule has 1 aliphatic carbocycles. The summed E-state index contributed by atoms with van der Waals surface area (Å²) in [7, 11) is 0. The SMILES string of the molecule is CC1=C[C@@H]2COC(=O)[C@@]23C(=O)N(C(=O)OCc2ccccc2)[C@@H](Cc2ccccc2)[C@@H]3[C@@H]1C. The van der Waals surface area contributed by atoms with Crippen molar-refractivity contribution in [3.05, 3.63) is 83.4 Å². The number of nitrogens with zero attached hydrogens (tertiary/aromatic N) is 1. The van der Waals surface area contributed by atoms with Crippen LogP contribution in [0.15, 0.2) is 72.3 Å². The van der Waals surface area contributed by atoms with Crippen LogP contribution in [0.1, 0.15) is 25.0 Å². The van der Waals surface area contributed by atoms with Gasteiger partial charge in [0, 0.05) is 11.8 Å². The fraction of sp³-hybridized carbons (Fsp3) is 0.370. The van der Waals surface area contributed by atoms with Crippen LogP contribution in [0.25, 0.3) is 0 Å². The summed E-state index contributed by atoms with van der Waals surface area (Å²) in [5, 5.41) is 0. The van der Waals surface area contributed by atoms with Crippen LogP contribution in [0, 0.1) is 23.2 Å². The zero-order valence-electron chi connectivity index (χ0n) is 18.8. The summed E-state index contributed by atoms with van der Waals surface area (Å²) in [5.74, 6) is -1.82. The Hall–Kier alpha value is -3.41. The lowest BCUT2D eigenvalue weighted by atomic mass is 9.58. The van der Waals surface area contributed by atoms with Crippen molar-refractivity contribution < 1.29 is 23.9 Å². The normalized spacial score (nSPS) is 30.4. The monoisotopic (exact) mass is 445 g/mol. The number of ether oxygens (including phenoxy) is 2. The van der Waals surface area contributed by atoms with Crippen molar-refractivity contribution in [3.63, 3.8) is 0 Å². The Bertz CT molecular complexity index is 1110. The molecule has 33 heavy (non-hydrogen) atoms. The Balaban J connectivity index is 1.54. The Labute approximate surface area is 193 Å². The first-order valence-corrected chi connectivity index (χ1v) is 11.4. The Morgan fingerprint density at radius 1 is 1.06 bits per heavy atom. The minimum absolute atomic E-state index is 0.0554. The van der Waals surface area contributed by atoms with Gasteiger partial charge < -0.3 is 9.47 Å². The maximum absolute atomic E-state index is 14.0. The third kappa shape index (κ3) is 3.27. The van der Waals surface area contributed by atoms with Crippen molar-refractivity contribution in [2.75, 3.05) is 6.61 Å². The Kier molecular flexibility index (Phi) is 5.31. The molecule has 2 aliphatic heterocycles. The second-order valence-corrected chi connectivity index (χ2v) is 9.27. The molecule has 3 aliphatic rings. The van der Waals surface area contributed by atoms with E-state index in [0.717, 1.165) is 16.7 Å². The van der Waals surface area contributed by atoms with E-state index in [1.807, 2.05) is 80.6 Å². The Morgan fingerprint density at radius 2 is 1.70 bits per heavy atom. The highest BCUT2D eigenvalue weighted by Crippen LogP contribution is 2.59. The molecular weight excluding hydrogens is 418 g/mol. The number of hydrogen-bond acceptors (Lipinski definition) is 5. The first kappa shape index (κ1) is 21.4. The molecule has 2 fully saturated rings. The number of likely N-dealkylation sites (tertiary alicyclic amines) is 1. The Morgan fingerprint density at radius 3 is 2.36 bits per heavy atom. The molecule has 170 valence electrons. The van der Waals surface area contributed by atoms with E-state index < -0.39 is 29.4 Å². The highest BCUT2D eigenvalue weighted by Gasteiger charge is 2.73. The summed E-state index contributed by atoms with van der Waals surface area (Å²) < 4.78 is 11.0. The van der Waals surface area contributed by atoms with Crippen LogP contribution in [0.5, 0.6) is 0 Å². The third-order valence-corrected chi connectivity index (χ3v) is 7.57. The number of rotatable bonds is 4. The lowest BCUT2D eigenvalue weighted by molar-refractivity contribution is -0.155. The molecule has 2 aromatic rings. The molecule has 5 atom stereocenters. The smallest absolute Gasteiger partial charge is 0.417 e. The van der Waals surface area contributed by atoms with Gasteiger partial charge in [-0.15, -0.1) is 0 Å². The number of esters is 1. The van der Waals surface area contributed by atoms with E-state index >= 15 is 0 Å². The maximum atomic E-state index is 14.0. The first-order valence-electron chi connectivity index (χ1n) is 11.4. The van der Waals surface area contributed by atoms with Crippen molar-refractivity contribution in [2.45, 2.75) is 32.9 Å². The van der Waals surface area contributed by atoms with Gasteiger partial charge in [-0.2, -0.15) is 0 Å². The van der Waals surface area contributed by atoms with Crippen LogP contribution in [-0.2, 0) is 32.1 Å². The predicted octanol–water partition coefficient (Wildman–Crippen LogP) is 4.15. The number of allylic oxidation sites excluding steroid dienone is 1. The molecule has 2 heterocycles. The van der Waals surface area contributed by atoms with E-state index in [1.165, 1.54) is 4.90 Å². The van der Waals surface area contributed by atoms with Crippen molar-refractivity contribution in [2.24, 2.45) is 23.2 Å². The minimum Gasteiger partial charge on any atom is -0.464 e. The summed E-state index contributed by atoms with van der Waals surface area (Å²) >= 11 is 0. The van der Waals surface area contributed by atoms with Gasteiger partial charge in [-0.1, -0.05) is 79.2 Å². The van der Waals surface area contributed by atoms with Crippen LogP contribution in [0.3, 0.4) is 0 Å². The fourth-order valence-corrected chi connectivity index (χ4v) is 5.89. The molecule has 6 heteroatoms. The van der Waals surface area contributed by atoms with Gasteiger partial charge in [0.1, 0.15) is 6.61 Å². The van der Waals surface area contributed by atoms with Crippen molar-refractivity contribution in [1.82, 2.24) is 4.90 Å². The third-order valence-electron chi connectivity index (χ3n) is 7.57. The van der Waals surface area contributed by atoms with Crippen molar-refractivity contribution >= 4 is 18.0 Å². The van der Waals surface area contributed by atoms with Gasteiger partial charge >= 0.3 is 12.1 Å². The highest BCUT2D eigenvalue weighted by atomic mass is 16.6. The van der Waals surface area contributed by atoms with Crippen LogP contribution in [0.2, 0.25) is 0 Å². The molecule has 0 N–H and O–H groups in total. The number of carbonyl (C=O) groups is 3. The molecule has 5 rings (SSSR count). The molecular formula is C27H27NO5. The van der Waals surface area contributed by atoms with Crippen molar-refractivity contribution in [3.8, 4) is 0 Å². The number of cyclic esters (lactones) is 1. The predicted molar refractivity (Wildman–Crippen MR) is 121 cm³/mol. The van der Waals surface area contributed by atoms with Gasteiger partial charge in [0.05, 0.1) is 12.6 Å². The summed E-state index contributed by atoms with van der Waals surface area (Å²) in [5.41, 5.74) is 1.57. The number of imide groups is 1. The molecule has 6 nitrogen and oxygen atoms in total. The molecule has 2 saturated heterocycles. The first-order chi connectivity index (χ1) is 15.9. The molecule has 0 unspecified atom stereocenters. The van der Waals surface area contributed by atoms with Gasteiger partial charge in [0.2, 0.25) is 0 Å².